The van der Waals surface area contributed by atoms with Gasteiger partial charge in [-0.2, -0.15) is 0 Å². The highest BCUT2D eigenvalue weighted by molar-refractivity contribution is 6.31. The lowest BCUT2D eigenvalue weighted by Crippen LogP contribution is -2.23. The summed E-state index contributed by atoms with van der Waals surface area (Å²) in [6, 6.07) is 22.3. The van der Waals surface area contributed by atoms with Crippen molar-refractivity contribution in [1.82, 2.24) is 0 Å². The van der Waals surface area contributed by atoms with Crippen LogP contribution in [0.2, 0.25) is 5.02 Å². The molecule has 1 N–H and O–H groups in total. The molecule has 1 amide bonds. The molecule has 0 saturated carbocycles. The maximum absolute atomic E-state index is 13.0. The van der Waals surface area contributed by atoms with Crippen LogP contribution in [0.3, 0.4) is 0 Å². The molecule has 5 rings (SSSR count). The van der Waals surface area contributed by atoms with E-state index in [-0.39, 0.29) is 28.4 Å². The highest BCUT2D eigenvalue weighted by atomic mass is 35.5. The number of anilines is 1. The number of amides is 1. The molecule has 0 aliphatic heterocycles. The maximum atomic E-state index is 13.0. The summed E-state index contributed by atoms with van der Waals surface area (Å²) >= 11 is 5.92. The first-order valence-corrected chi connectivity index (χ1v) is 10.6. The van der Waals surface area contributed by atoms with Crippen molar-refractivity contribution in [2.45, 2.75) is 0 Å². The van der Waals surface area contributed by atoms with E-state index in [1.54, 1.807) is 66.7 Å². The van der Waals surface area contributed by atoms with Gasteiger partial charge >= 0.3 is 0 Å². The lowest BCUT2D eigenvalue weighted by molar-refractivity contribution is -0.111. The van der Waals surface area contributed by atoms with Crippen LogP contribution >= 0.6 is 11.6 Å². The number of nitrogens with one attached hydrogen (secondary N) is 1. The summed E-state index contributed by atoms with van der Waals surface area (Å²) in [7, 11) is 0. The standard InChI is InChI=1S/C27H16ClNO4/c28-17-10-8-16(9-11-17)23-14-12-18(33-23)13-15-24(30)29-22-7-3-6-21-25(22)27(32)20-5-2-1-4-19(20)26(21)31/h1-15H,(H,29,30). The van der Waals surface area contributed by atoms with Gasteiger partial charge in [-0.3, -0.25) is 14.4 Å². The van der Waals surface area contributed by atoms with Crippen molar-refractivity contribution in [3.63, 3.8) is 0 Å². The Balaban J connectivity index is 1.36. The molecule has 0 atom stereocenters. The Bertz CT molecular complexity index is 1450. The molecule has 4 aromatic rings. The van der Waals surface area contributed by atoms with Gasteiger partial charge in [-0.05, 0) is 48.5 Å². The molecule has 1 aliphatic carbocycles. The smallest absolute Gasteiger partial charge is 0.248 e. The Morgan fingerprint density at radius 1 is 0.788 bits per heavy atom. The zero-order chi connectivity index (χ0) is 22.9. The molecule has 1 heterocycles. The number of hydrogen-bond donors (Lipinski definition) is 1. The second-order valence-corrected chi connectivity index (χ2v) is 7.90. The highest BCUT2D eigenvalue weighted by Gasteiger charge is 2.31. The van der Waals surface area contributed by atoms with Gasteiger partial charge in [0.1, 0.15) is 11.5 Å². The molecule has 0 unspecified atom stereocenters. The molecule has 0 spiro atoms. The van der Waals surface area contributed by atoms with Crippen LogP contribution in [0.15, 0.2) is 89.4 Å². The molecule has 0 bridgehead atoms. The van der Waals surface area contributed by atoms with Gasteiger partial charge in [0, 0.05) is 33.4 Å². The Hall–Kier alpha value is -4.22. The number of carbonyl (C=O) groups excluding carboxylic acids is 3. The van der Waals surface area contributed by atoms with Crippen molar-refractivity contribution >= 4 is 40.8 Å². The van der Waals surface area contributed by atoms with Crippen molar-refractivity contribution in [1.29, 1.82) is 0 Å². The summed E-state index contributed by atoms with van der Waals surface area (Å²) in [6.45, 7) is 0. The minimum atomic E-state index is -0.452. The summed E-state index contributed by atoms with van der Waals surface area (Å²) in [5.41, 5.74) is 2.33. The van der Waals surface area contributed by atoms with Gasteiger partial charge in [0.15, 0.2) is 11.6 Å². The molecule has 160 valence electrons. The molecule has 5 nitrogen and oxygen atoms in total. The zero-order valence-corrected chi connectivity index (χ0v) is 17.9. The summed E-state index contributed by atoms with van der Waals surface area (Å²) in [4.78, 5) is 38.5. The number of carbonyl (C=O) groups is 3. The van der Waals surface area contributed by atoms with Crippen LogP contribution in [0.1, 0.15) is 37.6 Å². The van der Waals surface area contributed by atoms with Gasteiger partial charge in [-0.25, -0.2) is 0 Å². The second-order valence-electron chi connectivity index (χ2n) is 7.46. The molecule has 3 aromatic carbocycles. The van der Waals surface area contributed by atoms with Gasteiger partial charge in [-0.1, -0.05) is 48.0 Å². The monoisotopic (exact) mass is 453 g/mol. The quantitative estimate of drug-likeness (QED) is 0.337. The third kappa shape index (κ3) is 3.90. The largest absolute Gasteiger partial charge is 0.457 e. The molecule has 33 heavy (non-hydrogen) atoms. The van der Waals surface area contributed by atoms with Crippen molar-refractivity contribution in [2.75, 3.05) is 5.32 Å². The Kier molecular flexibility index (Phi) is 5.24. The van der Waals surface area contributed by atoms with E-state index in [1.165, 1.54) is 12.2 Å². The van der Waals surface area contributed by atoms with Crippen molar-refractivity contribution in [3.8, 4) is 11.3 Å². The third-order valence-electron chi connectivity index (χ3n) is 5.36. The summed E-state index contributed by atoms with van der Waals surface area (Å²) in [6.07, 6.45) is 2.85. The SMILES string of the molecule is O=C(C=Cc1ccc(-c2ccc(Cl)cc2)o1)Nc1cccc2c1C(=O)c1ccccc1C2=O. The molecule has 0 fully saturated rings. The highest BCUT2D eigenvalue weighted by Crippen LogP contribution is 2.32. The molecular weight excluding hydrogens is 438 g/mol. The minimum absolute atomic E-state index is 0.200. The molecular formula is C27H16ClNO4. The van der Waals surface area contributed by atoms with E-state index in [2.05, 4.69) is 5.32 Å². The van der Waals surface area contributed by atoms with Crippen LogP contribution in [0, 0.1) is 0 Å². The minimum Gasteiger partial charge on any atom is -0.457 e. The lowest BCUT2D eigenvalue weighted by atomic mass is 9.83. The van der Waals surface area contributed by atoms with Crippen LogP contribution < -0.4 is 5.32 Å². The van der Waals surface area contributed by atoms with Gasteiger partial charge in [0.2, 0.25) is 5.91 Å². The van der Waals surface area contributed by atoms with E-state index in [0.29, 0.717) is 27.7 Å². The van der Waals surface area contributed by atoms with Crippen molar-refractivity contribution in [3.05, 3.63) is 118 Å². The summed E-state index contributed by atoms with van der Waals surface area (Å²) in [5.74, 6) is 0.153. The average Bonchev–Trinajstić information content (AvgIpc) is 3.31. The van der Waals surface area contributed by atoms with Gasteiger partial charge in [0.05, 0.1) is 11.3 Å². The average molecular weight is 454 g/mol. The van der Waals surface area contributed by atoms with Gasteiger partial charge in [0.25, 0.3) is 0 Å². The summed E-state index contributed by atoms with van der Waals surface area (Å²) in [5, 5.41) is 3.34. The zero-order valence-electron chi connectivity index (χ0n) is 17.2. The van der Waals surface area contributed by atoms with E-state index in [1.807, 2.05) is 12.1 Å². The first-order valence-electron chi connectivity index (χ1n) is 10.2. The van der Waals surface area contributed by atoms with E-state index >= 15 is 0 Å². The number of hydrogen-bond acceptors (Lipinski definition) is 4. The number of benzene rings is 3. The van der Waals surface area contributed by atoms with E-state index in [4.69, 9.17) is 16.0 Å². The Morgan fingerprint density at radius 3 is 2.24 bits per heavy atom. The predicted octanol–water partition coefficient (Wildman–Crippen LogP) is 6.03. The van der Waals surface area contributed by atoms with Gasteiger partial charge < -0.3 is 9.73 Å². The molecule has 6 heteroatoms. The Labute approximate surface area is 194 Å². The molecule has 1 aromatic heterocycles. The molecule has 1 aliphatic rings. The number of fused-ring (bicyclic) bond motifs is 2. The molecule has 0 saturated heterocycles. The normalized spacial score (nSPS) is 12.5. The fraction of sp³-hybridized carbons (Fsp3) is 0. The second kappa shape index (κ2) is 8.37. The number of rotatable bonds is 4. The number of halogens is 1. The topological polar surface area (TPSA) is 76.4 Å². The van der Waals surface area contributed by atoms with Gasteiger partial charge in [-0.15, -0.1) is 0 Å². The predicted molar refractivity (Wildman–Crippen MR) is 127 cm³/mol. The summed E-state index contributed by atoms with van der Waals surface area (Å²) < 4.78 is 5.76. The lowest BCUT2D eigenvalue weighted by Gasteiger charge is -2.20. The molecule has 0 radical (unpaired) electrons. The van der Waals surface area contributed by atoms with Crippen LogP contribution in [-0.4, -0.2) is 17.5 Å². The fourth-order valence-electron chi connectivity index (χ4n) is 3.79. The Morgan fingerprint density at radius 2 is 1.48 bits per heavy atom. The van der Waals surface area contributed by atoms with E-state index in [9.17, 15) is 14.4 Å². The van der Waals surface area contributed by atoms with Crippen LogP contribution in [0.25, 0.3) is 17.4 Å². The van der Waals surface area contributed by atoms with Crippen LogP contribution in [0.4, 0.5) is 5.69 Å². The fourth-order valence-corrected chi connectivity index (χ4v) is 3.92. The first kappa shape index (κ1) is 20.7. The number of ketones is 2. The van der Waals surface area contributed by atoms with Crippen molar-refractivity contribution < 1.29 is 18.8 Å². The first-order chi connectivity index (χ1) is 16.0. The van der Waals surface area contributed by atoms with Crippen LogP contribution in [-0.2, 0) is 4.79 Å². The van der Waals surface area contributed by atoms with Crippen LogP contribution in [0.5, 0.6) is 0 Å². The van der Waals surface area contributed by atoms with E-state index < -0.39 is 5.91 Å². The van der Waals surface area contributed by atoms with Crippen molar-refractivity contribution in [2.24, 2.45) is 0 Å². The van der Waals surface area contributed by atoms with E-state index in [0.717, 1.165) is 5.56 Å². The number of furan rings is 1. The maximum Gasteiger partial charge on any atom is 0.248 e. The third-order valence-corrected chi connectivity index (χ3v) is 5.62.